The molecule has 10 nitrogen and oxygen atoms in total. The molecule has 0 saturated heterocycles. The van der Waals surface area contributed by atoms with E-state index in [1.807, 2.05) is 78.9 Å². The summed E-state index contributed by atoms with van der Waals surface area (Å²) in [7, 11) is -6.50. The van der Waals surface area contributed by atoms with E-state index in [4.69, 9.17) is 14.2 Å². The molecule has 3 rings (SSSR count). The summed E-state index contributed by atoms with van der Waals surface area (Å²) in [6, 6.07) is 25.9. The summed E-state index contributed by atoms with van der Waals surface area (Å²) in [6.45, 7) is 4.71. The topological polar surface area (TPSA) is 140 Å². The van der Waals surface area contributed by atoms with Gasteiger partial charge >= 0.3 is 0 Å². The Morgan fingerprint density at radius 1 is 0.558 bits per heavy atom. The van der Waals surface area contributed by atoms with Crippen LogP contribution in [0.2, 0.25) is 0 Å². The van der Waals surface area contributed by atoms with Crippen LogP contribution in [0, 0.1) is 0 Å². The van der Waals surface area contributed by atoms with Gasteiger partial charge in [0.2, 0.25) is 0 Å². The predicted octanol–water partition coefficient (Wildman–Crippen LogP) is 8.16. The zero-order valence-corrected chi connectivity index (χ0v) is 32.6. The number of ether oxygens (including phenoxy) is 3. The number of hydrogen-bond donors (Lipinski definition) is 2. The largest absolute Gasteiger partial charge is 0.497 e. The quantitative estimate of drug-likeness (QED) is 0.0423. The molecule has 290 valence electrons. The van der Waals surface area contributed by atoms with Crippen molar-refractivity contribution in [3.63, 3.8) is 0 Å². The van der Waals surface area contributed by atoms with Gasteiger partial charge in [0, 0.05) is 6.54 Å². The summed E-state index contributed by atoms with van der Waals surface area (Å²) in [5.74, 6) is 0.863. The van der Waals surface area contributed by atoms with E-state index >= 15 is 0 Å². The van der Waals surface area contributed by atoms with Crippen LogP contribution in [0.5, 0.6) is 11.5 Å². The van der Waals surface area contributed by atoms with Crippen molar-refractivity contribution in [2.45, 2.75) is 89.6 Å². The van der Waals surface area contributed by atoms with Gasteiger partial charge in [-0.05, 0) is 86.1 Å². The molecule has 0 aliphatic heterocycles. The predicted molar refractivity (Wildman–Crippen MR) is 208 cm³/mol. The van der Waals surface area contributed by atoms with Gasteiger partial charge in [-0.1, -0.05) is 106 Å². The smallest absolute Gasteiger partial charge is 0.264 e. The Labute approximate surface area is 312 Å². The minimum absolute atomic E-state index is 0.286. The van der Waals surface area contributed by atoms with Crippen LogP contribution in [0.25, 0.3) is 0 Å². The van der Waals surface area contributed by atoms with Crippen LogP contribution in [0.3, 0.4) is 0 Å². The highest BCUT2D eigenvalue weighted by molar-refractivity contribution is 7.86. The van der Waals surface area contributed by atoms with E-state index in [1.165, 1.54) is 38.5 Å². The van der Waals surface area contributed by atoms with E-state index in [0.29, 0.717) is 39.1 Å². The average molecular weight is 762 g/mol. The van der Waals surface area contributed by atoms with Crippen molar-refractivity contribution in [2.75, 3.05) is 51.5 Å². The fourth-order valence-corrected chi connectivity index (χ4v) is 7.50. The first-order valence-electron chi connectivity index (χ1n) is 18.7. The van der Waals surface area contributed by atoms with Crippen molar-refractivity contribution >= 4 is 20.2 Å². The molecule has 0 aromatic heterocycles. The lowest BCUT2D eigenvalue weighted by Gasteiger charge is -2.37. The van der Waals surface area contributed by atoms with Gasteiger partial charge in [-0.15, -0.1) is 0 Å². The van der Waals surface area contributed by atoms with Gasteiger partial charge in [-0.25, -0.2) is 0 Å². The number of methoxy groups -OCH3 is 1. The molecule has 12 heteroatoms. The summed E-state index contributed by atoms with van der Waals surface area (Å²) >= 11 is 0. The Morgan fingerprint density at radius 3 is 1.54 bits per heavy atom. The molecule has 2 N–H and O–H groups in total. The molecule has 0 fully saturated rings. The fourth-order valence-electron chi connectivity index (χ4n) is 6.36. The Balaban J connectivity index is 1.81. The van der Waals surface area contributed by atoms with Crippen LogP contribution >= 0.6 is 0 Å². The lowest BCUT2D eigenvalue weighted by Crippen LogP contribution is -2.37. The van der Waals surface area contributed by atoms with E-state index in [2.05, 4.69) is 11.8 Å². The molecule has 0 radical (unpaired) electrons. The van der Waals surface area contributed by atoms with E-state index in [0.717, 1.165) is 41.0 Å². The molecule has 3 aromatic rings. The molecule has 1 unspecified atom stereocenters. The maximum absolute atomic E-state index is 11.3. The molecule has 3 aromatic carbocycles. The monoisotopic (exact) mass is 761 g/mol. The van der Waals surface area contributed by atoms with Gasteiger partial charge in [-0.2, -0.15) is 16.8 Å². The summed E-state index contributed by atoms with van der Waals surface area (Å²) in [5.41, 5.74) is 1.74. The van der Waals surface area contributed by atoms with Crippen molar-refractivity contribution in [3.05, 3.63) is 95.6 Å². The Morgan fingerprint density at radius 2 is 1.04 bits per heavy atom. The van der Waals surface area contributed by atoms with Crippen LogP contribution in [0.1, 0.15) is 101 Å². The van der Waals surface area contributed by atoms with Crippen molar-refractivity contribution in [3.8, 4) is 11.5 Å². The third-order valence-corrected chi connectivity index (χ3v) is 10.8. The molecule has 0 bridgehead atoms. The van der Waals surface area contributed by atoms with Crippen molar-refractivity contribution < 1.29 is 40.2 Å². The standard InChI is InChI=1S/C40H59NO9S2/c1-3-4-5-6-7-8-9-15-31-49-39-26-22-37(23-27-39)40(35-18-11-10-12-19-35,36-20-24-38(48-2)25-21-36)50-32-30-41(28-13-16-33-51(42,43)44)29-14-17-34-52(45,46)47/h10-12,18-27H,3-9,13-17,28-34H2,1-2H3,(H,42,43,44)(H,45,46,47). The molecule has 0 spiro atoms. The normalized spacial score (nSPS) is 13.2. The van der Waals surface area contributed by atoms with Crippen LogP contribution in [0.4, 0.5) is 0 Å². The molecule has 0 heterocycles. The average Bonchev–Trinajstić information content (AvgIpc) is 3.12. The van der Waals surface area contributed by atoms with Gasteiger partial charge in [0.15, 0.2) is 0 Å². The number of rotatable bonds is 28. The van der Waals surface area contributed by atoms with Gasteiger partial charge in [-0.3, -0.25) is 9.11 Å². The zero-order valence-electron chi connectivity index (χ0n) is 31.0. The summed E-state index contributed by atoms with van der Waals surface area (Å²) in [6.07, 6.45) is 11.5. The van der Waals surface area contributed by atoms with Crippen molar-refractivity contribution in [2.24, 2.45) is 0 Å². The fraction of sp³-hybridized carbons (Fsp3) is 0.550. The van der Waals surface area contributed by atoms with Crippen molar-refractivity contribution in [1.29, 1.82) is 0 Å². The maximum Gasteiger partial charge on any atom is 0.264 e. The molecular weight excluding hydrogens is 703 g/mol. The zero-order chi connectivity index (χ0) is 37.7. The third kappa shape index (κ3) is 15.9. The first kappa shape index (κ1) is 43.4. The van der Waals surface area contributed by atoms with Gasteiger partial charge in [0.1, 0.15) is 17.1 Å². The lowest BCUT2D eigenvalue weighted by atomic mass is 9.80. The van der Waals surface area contributed by atoms with Gasteiger partial charge in [0.25, 0.3) is 20.2 Å². The van der Waals surface area contributed by atoms with Crippen LogP contribution in [0.15, 0.2) is 78.9 Å². The highest BCUT2D eigenvalue weighted by atomic mass is 32.2. The van der Waals surface area contributed by atoms with Crippen molar-refractivity contribution in [1.82, 2.24) is 4.90 Å². The highest BCUT2D eigenvalue weighted by Gasteiger charge is 2.38. The molecule has 0 amide bonds. The number of nitrogens with zero attached hydrogens (tertiary/aromatic N) is 1. The first-order chi connectivity index (χ1) is 25.0. The van der Waals surface area contributed by atoms with Gasteiger partial charge in [0.05, 0.1) is 31.8 Å². The first-order valence-corrected chi connectivity index (χ1v) is 21.9. The van der Waals surface area contributed by atoms with E-state index in [9.17, 15) is 25.9 Å². The number of unbranched alkanes of at least 4 members (excludes halogenated alkanes) is 9. The molecule has 1 atom stereocenters. The van der Waals surface area contributed by atoms with Crippen LogP contribution < -0.4 is 9.47 Å². The molecule has 52 heavy (non-hydrogen) atoms. The number of benzene rings is 3. The second kappa shape index (κ2) is 22.9. The summed E-state index contributed by atoms with van der Waals surface area (Å²) in [4.78, 5) is 2.10. The number of hydrogen-bond acceptors (Lipinski definition) is 8. The second-order valence-electron chi connectivity index (χ2n) is 13.3. The van der Waals surface area contributed by atoms with Gasteiger partial charge < -0.3 is 19.1 Å². The second-order valence-corrected chi connectivity index (χ2v) is 16.4. The molecule has 0 aliphatic rings. The SMILES string of the molecule is CCCCCCCCCCOc1ccc(C(OCCN(CCCCS(=O)(=O)O)CCCCS(=O)(=O)O)(c2ccccc2)c2ccc(OC)cc2)cc1. The minimum Gasteiger partial charge on any atom is -0.497 e. The summed E-state index contributed by atoms with van der Waals surface area (Å²) < 4.78 is 82.1. The summed E-state index contributed by atoms with van der Waals surface area (Å²) in [5, 5.41) is 0. The highest BCUT2D eigenvalue weighted by Crippen LogP contribution is 2.41. The molecule has 0 aliphatic carbocycles. The Kier molecular flexibility index (Phi) is 19.1. The van der Waals surface area contributed by atoms with E-state index in [1.54, 1.807) is 7.11 Å². The van der Waals surface area contributed by atoms with Crippen LogP contribution in [-0.2, 0) is 30.6 Å². The van der Waals surface area contributed by atoms with E-state index in [-0.39, 0.29) is 31.0 Å². The third-order valence-electron chi connectivity index (χ3n) is 9.18. The van der Waals surface area contributed by atoms with Crippen LogP contribution in [-0.4, -0.2) is 82.3 Å². The molecular formula is C40H59NO9S2. The Bertz CT molecular complexity index is 1580. The minimum atomic E-state index is -4.06. The Hall–Kier alpha value is -3.00. The maximum atomic E-state index is 11.3. The lowest BCUT2D eigenvalue weighted by molar-refractivity contribution is 0.000641. The van der Waals surface area contributed by atoms with E-state index < -0.39 is 25.8 Å². The molecule has 0 saturated carbocycles.